The number of aliphatic hydroxyl groups is 1. The van der Waals surface area contributed by atoms with Gasteiger partial charge in [-0.3, -0.25) is 14.4 Å². The molecule has 1 aliphatic rings. The van der Waals surface area contributed by atoms with Crippen LogP contribution in [0.25, 0.3) is 0 Å². The van der Waals surface area contributed by atoms with E-state index in [1.54, 1.807) is 12.2 Å². The van der Waals surface area contributed by atoms with E-state index in [1.807, 2.05) is 20.8 Å². The number of esters is 1. The lowest BCUT2D eigenvalue weighted by Gasteiger charge is -2.32. The van der Waals surface area contributed by atoms with Gasteiger partial charge in [-0.1, -0.05) is 45.8 Å². The van der Waals surface area contributed by atoms with Gasteiger partial charge < -0.3 is 20.5 Å². The van der Waals surface area contributed by atoms with Crippen LogP contribution in [0.4, 0.5) is 0 Å². The van der Waals surface area contributed by atoms with E-state index in [0.717, 1.165) is 25.7 Å². The fourth-order valence-electron chi connectivity index (χ4n) is 3.70. The van der Waals surface area contributed by atoms with E-state index < -0.39 is 17.5 Å². The first-order valence-corrected chi connectivity index (χ1v) is 11.2. The van der Waals surface area contributed by atoms with Gasteiger partial charge in [0.1, 0.15) is 6.61 Å². The van der Waals surface area contributed by atoms with Crippen molar-refractivity contribution in [2.24, 2.45) is 11.3 Å². The van der Waals surface area contributed by atoms with Crippen molar-refractivity contribution in [2.75, 3.05) is 13.2 Å². The molecule has 0 aromatic carbocycles. The largest absolute Gasteiger partial charge is 0.463 e. The van der Waals surface area contributed by atoms with E-state index in [-0.39, 0.29) is 49.3 Å². The predicted octanol–water partition coefficient (Wildman–Crippen LogP) is 3.03. The molecule has 3 N–H and O–H groups in total. The molecule has 2 amide bonds. The Labute approximate surface area is 186 Å². The second-order valence-electron chi connectivity index (χ2n) is 9.56. The van der Waals surface area contributed by atoms with Gasteiger partial charge in [-0.15, -0.1) is 13.2 Å². The molecular formula is C24H40N2O5. The lowest BCUT2D eigenvalue weighted by Crippen LogP contribution is -2.51. The Balaban J connectivity index is 2.74. The van der Waals surface area contributed by atoms with Crippen molar-refractivity contribution >= 4 is 17.8 Å². The van der Waals surface area contributed by atoms with Crippen LogP contribution < -0.4 is 10.6 Å². The first-order chi connectivity index (χ1) is 14.6. The van der Waals surface area contributed by atoms with Crippen LogP contribution in [0.15, 0.2) is 25.3 Å². The van der Waals surface area contributed by atoms with Crippen molar-refractivity contribution in [3.8, 4) is 0 Å². The quantitative estimate of drug-likeness (QED) is 0.304. The first-order valence-electron chi connectivity index (χ1n) is 11.2. The molecule has 176 valence electrons. The van der Waals surface area contributed by atoms with Crippen LogP contribution in [0.5, 0.6) is 0 Å². The van der Waals surface area contributed by atoms with E-state index in [0.29, 0.717) is 12.8 Å². The fraction of sp³-hybridized carbons (Fsp3) is 0.708. The molecule has 1 saturated carbocycles. The van der Waals surface area contributed by atoms with E-state index in [1.165, 1.54) is 0 Å². The number of amides is 2. The zero-order chi connectivity index (χ0) is 23.5. The van der Waals surface area contributed by atoms with Crippen molar-refractivity contribution in [1.82, 2.24) is 10.6 Å². The van der Waals surface area contributed by atoms with Crippen LogP contribution >= 0.6 is 0 Å². The number of ether oxygens (including phenoxy) is 1. The Bertz CT molecular complexity index is 632. The van der Waals surface area contributed by atoms with Crippen LogP contribution in [-0.2, 0) is 19.1 Å². The zero-order valence-electron chi connectivity index (χ0n) is 19.4. The molecule has 0 aromatic heterocycles. The summed E-state index contributed by atoms with van der Waals surface area (Å²) in [6.45, 7) is 13.1. The monoisotopic (exact) mass is 436 g/mol. The summed E-state index contributed by atoms with van der Waals surface area (Å²) in [6.07, 6.45) is 7.85. The highest BCUT2D eigenvalue weighted by atomic mass is 16.5. The third-order valence-corrected chi connectivity index (χ3v) is 5.85. The molecule has 0 radical (unpaired) electrons. The summed E-state index contributed by atoms with van der Waals surface area (Å²) in [7, 11) is 0. The number of carbonyl (C=O) groups is 3. The number of nitrogens with one attached hydrogen (secondary N) is 2. The molecule has 1 aliphatic carbocycles. The Kier molecular flexibility index (Phi) is 11.0. The molecular weight excluding hydrogens is 396 g/mol. The third-order valence-electron chi connectivity index (χ3n) is 5.85. The smallest absolute Gasteiger partial charge is 0.306 e. The SMILES string of the molecule is C=CCCC(=O)OC[C@@H](NC(=O)[C@H](CC=C)CC(=O)NC1(CO)CCCC1)C(C)(C)C. The maximum absolute atomic E-state index is 13.0. The molecule has 0 heterocycles. The average Bonchev–Trinajstić information content (AvgIpc) is 3.16. The summed E-state index contributed by atoms with van der Waals surface area (Å²) in [6, 6.07) is -0.401. The van der Waals surface area contributed by atoms with E-state index in [4.69, 9.17) is 4.74 Å². The molecule has 1 fully saturated rings. The first kappa shape index (κ1) is 26.9. The predicted molar refractivity (Wildman–Crippen MR) is 121 cm³/mol. The molecule has 0 spiro atoms. The summed E-state index contributed by atoms with van der Waals surface area (Å²) in [5, 5.41) is 15.6. The van der Waals surface area contributed by atoms with Crippen LogP contribution in [0, 0.1) is 11.3 Å². The molecule has 0 aromatic rings. The van der Waals surface area contributed by atoms with Crippen LogP contribution in [0.3, 0.4) is 0 Å². The number of aliphatic hydroxyl groups excluding tert-OH is 1. The zero-order valence-corrected chi connectivity index (χ0v) is 19.4. The van der Waals surface area contributed by atoms with Gasteiger partial charge in [0, 0.05) is 12.8 Å². The number of rotatable bonds is 13. The van der Waals surface area contributed by atoms with Crippen LogP contribution in [0.2, 0.25) is 0 Å². The normalized spacial score (nSPS) is 17.3. The summed E-state index contributed by atoms with van der Waals surface area (Å²) in [4.78, 5) is 37.5. The van der Waals surface area contributed by atoms with E-state index in [2.05, 4.69) is 23.8 Å². The highest BCUT2D eigenvalue weighted by Crippen LogP contribution is 2.29. The molecule has 0 saturated heterocycles. The molecule has 0 unspecified atom stereocenters. The Morgan fingerprint density at radius 1 is 1.16 bits per heavy atom. The van der Waals surface area contributed by atoms with Gasteiger partial charge in [-0.25, -0.2) is 0 Å². The van der Waals surface area contributed by atoms with Crippen molar-refractivity contribution in [2.45, 2.75) is 83.7 Å². The van der Waals surface area contributed by atoms with E-state index >= 15 is 0 Å². The third kappa shape index (κ3) is 9.25. The minimum atomic E-state index is -0.587. The highest BCUT2D eigenvalue weighted by molar-refractivity contribution is 5.86. The molecule has 7 nitrogen and oxygen atoms in total. The molecule has 7 heteroatoms. The number of carbonyl (C=O) groups excluding carboxylic acids is 3. The minimum absolute atomic E-state index is 0.00951. The van der Waals surface area contributed by atoms with Gasteiger partial charge in [0.15, 0.2) is 0 Å². The molecule has 0 bridgehead atoms. The molecule has 31 heavy (non-hydrogen) atoms. The fourth-order valence-corrected chi connectivity index (χ4v) is 3.70. The minimum Gasteiger partial charge on any atom is -0.463 e. The molecule has 2 atom stereocenters. The summed E-state index contributed by atoms with van der Waals surface area (Å²) in [5.74, 6) is -1.45. The topological polar surface area (TPSA) is 105 Å². The van der Waals surface area contributed by atoms with Crippen LogP contribution in [-0.4, -0.2) is 47.7 Å². The average molecular weight is 437 g/mol. The summed E-state index contributed by atoms with van der Waals surface area (Å²) in [5.41, 5.74) is -0.917. The summed E-state index contributed by atoms with van der Waals surface area (Å²) < 4.78 is 5.34. The van der Waals surface area contributed by atoms with Crippen molar-refractivity contribution < 1.29 is 24.2 Å². The van der Waals surface area contributed by atoms with Gasteiger partial charge >= 0.3 is 5.97 Å². The molecule has 1 rings (SSSR count). The Hall–Kier alpha value is -2.15. The van der Waals surface area contributed by atoms with Gasteiger partial charge in [0.2, 0.25) is 11.8 Å². The van der Waals surface area contributed by atoms with E-state index in [9.17, 15) is 19.5 Å². The lowest BCUT2D eigenvalue weighted by atomic mass is 9.86. The standard InChI is InChI=1S/C24H40N2O5/c1-6-8-12-21(29)31-16-19(23(3,4)5)25-22(30)18(11-7-2)15-20(28)26-24(17-27)13-9-10-14-24/h6-7,18-19,27H,1-2,8-17H2,3-5H3,(H,25,30)(H,26,28)/t18-,19-/m1/s1. The van der Waals surface area contributed by atoms with Gasteiger partial charge in [-0.05, 0) is 31.1 Å². The second kappa shape index (κ2) is 12.6. The number of hydrogen-bond acceptors (Lipinski definition) is 5. The number of hydrogen-bond donors (Lipinski definition) is 3. The van der Waals surface area contributed by atoms with Crippen molar-refractivity contribution in [3.63, 3.8) is 0 Å². The summed E-state index contributed by atoms with van der Waals surface area (Å²) >= 11 is 0. The maximum Gasteiger partial charge on any atom is 0.306 e. The second-order valence-corrected chi connectivity index (χ2v) is 9.56. The Morgan fingerprint density at radius 3 is 2.32 bits per heavy atom. The lowest BCUT2D eigenvalue weighted by molar-refractivity contribution is -0.146. The van der Waals surface area contributed by atoms with Crippen LogP contribution in [0.1, 0.15) is 72.1 Å². The number of allylic oxidation sites excluding steroid dienone is 2. The van der Waals surface area contributed by atoms with Gasteiger partial charge in [0.25, 0.3) is 0 Å². The van der Waals surface area contributed by atoms with Gasteiger partial charge in [-0.2, -0.15) is 0 Å². The maximum atomic E-state index is 13.0. The van der Waals surface area contributed by atoms with Gasteiger partial charge in [0.05, 0.1) is 24.1 Å². The van der Waals surface area contributed by atoms with Crippen molar-refractivity contribution in [3.05, 3.63) is 25.3 Å². The highest BCUT2D eigenvalue weighted by Gasteiger charge is 2.36. The van der Waals surface area contributed by atoms with Crippen molar-refractivity contribution in [1.29, 1.82) is 0 Å². The Morgan fingerprint density at radius 2 is 1.81 bits per heavy atom. The molecule has 0 aliphatic heterocycles.